The Morgan fingerprint density at radius 2 is 2.24 bits per heavy atom. The van der Waals surface area contributed by atoms with Crippen molar-refractivity contribution >= 4 is 16.7 Å². The van der Waals surface area contributed by atoms with E-state index >= 15 is 0 Å². The minimum Gasteiger partial charge on any atom is -0.396 e. The lowest BCUT2D eigenvalue weighted by molar-refractivity contribution is 0.220. The summed E-state index contributed by atoms with van der Waals surface area (Å²) >= 11 is 0. The van der Waals surface area contributed by atoms with Crippen molar-refractivity contribution in [2.75, 3.05) is 31.6 Å². The topological polar surface area (TPSA) is 48.4 Å². The Kier molecular flexibility index (Phi) is 4.36. The van der Waals surface area contributed by atoms with Crippen LogP contribution in [0, 0.1) is 5.92 Å². The number of likely N-dealkylation sites (tertiary alicyclic amines) is 1. The number of aliphatic hydroxyl groups excluding tert-OH is 1. The van der Waals surface area contributed by atoms with Crippen LogP contribution in [0.3, 0.4) is 0 Å². The molecule has 0 saturated carbocycles. The normalized spacial score (nSPS) is 19.2. The lowest BCUT2D eigenvalue weighted by Crippen LogP contribution is -2.22. The number of rotatable bonds is 5. The van der Waals surface area contributed by atoms with Crippen molar-refractivity contribution in [2.45, 2.75) is 19.9 Å². The molecule has 1 unspecified atom stereocenters. The summed E-state index contributed by atoms with van der Waals surface area (Å²) < 4.78 is 0. The molecular formula is C17H23N3O. The van der Waals surface area contributed by atoms with Crippen LogP contribution in [-0.2, 0) is 6.54 Å². The summed E-state index contributed by atoms with van der Waals surface area (Å²) in [6.45, 7) is 6.21. The molecule has 112 valence electrons. The van der Waals surface area contributed by atoms with E-state index in [2.05, 4.69) is 41.4 Å². The average Bonchev–Trinajstić information content (AvgIpc) is 2.96. The highest BCUT2D eigenvalue weighted by Crippen LogP contribution is 2.24. The van der Waals surface area contributed by atoms with Gasteiger partial charge in [0.15, 0.2) is 0 Å². The minimum absolute atomic E-state index is 0.298. The fourth-order valence-corrected chi connectivity index (χ4v) is 3.05. The SMILES string of the molecule is CCNc1nc2ccccc2cc1CN1CCC(CO)C1. The zero-order chi connectivity index (χ0) is 14.7. The molecule has 1 atom stereocenters. The number of para-hydroxylation sites is 1. The second-order valence-electron chi connectivity index (χ2n) is 5.79. The van der Waals surface area contributed by atoms with Crippen LogP contribution < -0.4 is 5.32 Å². The largest absolute Gasteiger partial charge is 0.396 e. The Morgan fingerprint density at radius 3 is 3.00 bits per heavy atom. The third kappa shape index (κ3) is 3.17. The van der Waals surface area contributed by atoms with Crippen molar-refractivity contribution in [3.05, 3.63) is 35.9 Å². The molecule has 0 aliphatic carbocycles. The first-order valence-corrected chi connectivity index (χ1v) is 7.76. The second-order valence-corrected chi connectivity index (χ2v) is 5.79. The molecule has 1 fully saturated rings. The Hall–Kier alpha value is -1.65. The molecule has 2 N–H and O–H groups in total. The van der Waals surface area contributed by atoms with Crippen molar-refractivity contribution in [3.8, 4) is 0 Å². The van der Waals surface area contributed by atoms with Crippen LogP contribution in [0.2, 0.25) is 0 Å². The fraction of sp³-hybridized carbons (Fsp3) is 0.471. The Balaban J connectivity index is 1.87. The Labute approximate surface area is 125 Å². The number of nitrogens with zero attached hydrogens (tertiary/aromatic N) is 2. The van der Waals surface area contributed by atoms with Crippen molar-refractivity contribution in [2.24, 2.45) is 5.92 Å². The predicted molar refractivity (Wildman–Crippen MR) is 86.4 cm³/mol. The molecule has 3 rings (SSSR count). The van der Waals surface area contributed by atoms with E-state index in [1.807, 2.05) is 6.07 Å². The maximum absolute atomic E-state index is 9.28. The second kappa shape index (κ2) is 6.41. The predicted octanol–water partition coefficient (Wildman–Crippen LogP) is 2.48. The lowest BCUT2D eigenvalue weighted by atomic mass is 10.1. The maximum atomic E-state index is 9.28. The number of fused-ring (bicyclic) bond motifs is 1. The molecule has 1 aromatic carbocycles. The summed E-state index contributed by atoms with van der Waals surface area (Å²) in [7, 11) is 0. The standard InChI is InChI=1S/C17H23N3O/c1-2-18-17-15(11-20-8-7-13(10-20)12-21)9-14-5-3-4-6-16(14)19-17/h3-6,9,13,21H,2,7-8,10-12H2,1H3,(H,18,19). The van der Waals surface area contributed by atoms with E-state index in [0.29, 0.717) is 12.5 Å². The van der Waals surface area contributed by atoms with Crippen LogP contribution in [0.5, 0.6) is 0 Å². The van der Waals surface area contributed by atoms with Gasteiger partial charge in [0.05, 0.1) is 5.52 Å². The summed E-state index contributed by atoms with van der Waals surface area (Å²) in [5, 5.41) is 13.8. The van der Waals surface area contributed by atoms with Gasteiger partial charge in [-0.2, -0.15) is 0 Å². The number of pyridine rings is 1. The molecule has 4 nitrogen and oxygen atoms in total. The molecule has 4 heteroatoms. The Bertz CT molecular complexity index is 614. The monoisotopic (exact) mass is 285 g/mol. The minimum atomic E-state index is 0.298. The molecule has 0 spiro atoms. The van der Waals surface area contributed by atoms with Crippen LogP contribution in [0.25, 0.3) is 10.9 Å². The molecule has 1 aromatic heterocycles. The Morgan fingerprint density at radius 1 is 1.38 bits per heavy atom. The van der Waals surface area contributed by atoms with Gasteiger partial charge in [0, 0.05) is 37.2 Å². The van der Waals surface area contributed by atoms with E-state index < -0.39 is 0 Å². The molecule has 0 amide bonds. The number of anilines is 1. The fourth-order valence-electron chi connectivity index (χ4n) is 3.05. The van der Waals surface area contributed by atoms with Crippen molar-refractivity contribution in [3.63, 3.8) is 0 Å². The highest BCUT2D eigenvalue weighted by atomic mass is 16.3. The summed E-state index contributed by atoms with van der Waals surface area (Å²) in [4.78, 5) is 7.17. The van der Waals surface area contributed by atoms with Gasteiger partial charge in [-0.05, 0) is 37.9 Å². The smallest absolute Gasteiger partial charge is 0.131 e. The average molecular weight is 285 g/mol. The van der Waals surface area contributed by atoms with Gasteiger partial charge in [0.1, 0.15) is 5.82 Å². The van der Waals surface area contributed by atoms with E-state index in [0.717, 1.165) is 43.9 Å². The van der Waals surface area contributed by atoms with Crippen LogP contribution >= 0.6 is 0 Å². The number of benzene rings is 1. The summed E-state index contributed by atoms with van der Waals surface area (Å²) in [6, 6.07) is 10.5. The van der Waals surface area contributed by atoms with E-state index in [4.69, 9.17) is 4.98 Å². The van der Waals surface area contributed by atoms with Gasteiger partial charge in [0.25, 0.3) is 0 Å². The number of aromatic nitrogens is 1. The molecule has 0 bridgehead atoms. The number of nitrogens with one attached hydrogen (secondary N) is 1. The summed E-state index contributed by atoms with van der Waals surface area (Å²) in [5.74, 6) is 1.42. The van der Waals surface area contributed by atoms with E-state index in [-0.39, 0.29) is 0 Å². The molecule has 0 radical (unpaired) electrons. The first kappa shape index (κ1) is 14.3. The zero-order valence-electron chi connectivity index (χ0n) is 12.5. The molecule has 2 aromatic rings. The zero-order valence-corrected chi connectivity index (χ0v) is 12.5. The van der Waals surface area contributed by atoms with Crippen LogP contribution in [0.1, 0.15) is 18.9 Å². The highest BCUT2D eigenvalue weighted by Gasteiger charge is 2.22. The van der Waals surface area contributed by atoms with Gasteiger partial charge in [-0.1, -0.05) is 18.2 Å². The first-order valence-electron chi connectivity index (χ1n) is 7.76. The van der Waals surface area contributed by atoms with Gasteiger partial charge >= 0.3 is 0 Å². The summed E-state index contributed by atoms with van der Waals surface area (Å²) in [5.41, 5.74) is 2.28. The number of hydrogen-bond acceptors (Lipinski definition) is 4. The van der Waals surface area contributed by atoms with E-state index in [1.54, 1.807) is 0 Å². The van der Waals surface area contributed by atoms with Crippen LogP contribution in [0.4, 0.5) is 5.82 Å². The first-order chi connectivity index (χ1) is 10.3. The van der Waals surface area contributed by atoms with Gasteiger partial charge < -0.3 is 10.4 Å². The molecule has 21 heavy (non-hydrogen) atoms. The van der Waals surface area contributed by atoms with Crippen LogP contribution in [0.15, 0.2) is 30.3 Å². The van der Waals surface area contributed by atoms with Gasteiger partial charge in [0.2, 0.25) is 0 Å². The third-order valence-electron chi connectivity index (χ3n) is 4.17. The highest BCUT2D eigenvalue weighted by molar-refractivity contribution is 5.81. The molecular weight excluding hydrogens is 262 g/mol. The molecule has 1 saturated heterocycles. The molecule has 2 heterocycles. The summed E-state index contributed by atoms with van der Waals surface area (Å²) in [6.07, 6.45) is 1.09. The third-order valence-corrected chi connectivity index (χ3v) is 4.17. The van der Waals surface area contributed by atoms with E-state index in [9.17, 15) is 5.11 Å². The number of hydrogen-bond donors (Lipinski definition) is 2. The molecule has 1 aliphatic heterocycles. The van der Waals surface area contributed by atoms with Crippen molar-refractivity contribution < 1.29 is 5.11 Å². The van der Waals surface area contributed by atoms with Crippen molar-refractivity contribution in [1.29, 1.82) is 0 Å². The maximum Gasteiger partial charge on any atom is 0.131 e. The lowest BCUT2D eigenvalue weighted by Gasteiger charge is -2.18. The van der Waals surface area contributed by atoms with Gasteiger partial charge in [-0.3, -0.25) is 4.90 Å². The van der Waals surface area contributed by atoms with Gasteiger partial charge in [-0.15, -0.1) is 0 Å². The quantitative estimate of drug-likeness (QED) is 0.886. The van der Waals surface area contributed by atoms with E-state index in [1.165, 1.54) is 10.9 Å². The molecule has 1 aliphatic rings. The number of aliphatic hydroxyl groups is 1. The van der Waals surface area contributed by atoms with Crippen molar-refractivity contribution in [1.82, 2.24) is 9.88 Å². The van der Waals surface area contributed by atoms with Gasteiger partial charge in [-0.25, -0.2) is 4.98 Å². The van der Waals surface area contributed by atoms with Crippen LogP contribution in [-0.4, -0.2) is 41.2 Å².